The van der Waals surface area contributed by atoms with Crippen molar-refractivity contribution >= 4 is 32.3 Å². The van der Waals surface area contributed by atoms with Crippen LogP contribution in [0.25, 0.3) is 0 Å². The number of nitrogens with zero attached hydrogens (tertiary/aromatic N) is 1. The van der Waals surface area contributed by atoms with Gasteiger partial charge in [-0.3, -0.25) is 0 Å². The third-order valence-corrected chi connectivity index (χ3v) is 6.08. The average molecular weight is 341 g/mol. The molecule has 1 atom stereocenters. The van der Waals surface area contributed by atoms with Crippen molar-refractivity contribution in [1.82, 2.24) is 4.31 Å². The average Bonchev–Trinajstić information content (AvgIpc) is 2.76. The fourth-order valence-electron chi connectivity index (χ4n) is 1.98. The van der Waals surface area contributed by atoms with Crippen LogP contribution in [0.2, 0.25) is 0 Å². The number of sulfone groups is 1. The summed E-state index contributed by atoms with van der Waals surface area (Å²) in [6.07, 6.45) is 1.72. The highest BCUT2D eigenvalue weighted by molar-refractivity contribution is 7.90. The van der Waals surface area contributed by atoms with E-state index in [1.54, 1.807) is 0 Å². The van der Waals surface area contributed by atoms with Crippen LogP contribution >= 0.6 is 12.4 Å². The van der Waals surface area contributed by atoms with Crippen molar-refractivity contribution in [2.45, 2.75) is 22.3 Å². The van der Waals surface area contributed by atoms with Gasteiger partial charge in [0.25, 0.3) is 0 Å². The zero-order chi connectivity index (χ0) is 14.3. The maximum absolute atomic E-state index is 12.3. The van der Waals surface area contributed by atoms with Crippen molar-refractivity contribution in [3.63, 3.8) is 0 Å². The molecule has 2 rings (SSSR count). The van der Waals surface area contributed by atoms with Crippen LogP contribution in [0.5, 0.6) is 0 Å². The van der Waals surface area contributed by atoms with Gasteiger partial charge in [-0.2, -0.15) is 4.31 Å². The zero-order valence-corrected chi connectivity index (χ0v) is 13.3. The smallest absolute Gasteiger partial charge is 0.243 e. The van der Waals surface area contributed by atoms with Crippen molar-refractivity contribution < 1.29 is 16.8 Å². The Morgan fingerprint density at radius 1 is 1.10 bits per heavy atom. The van der Waals surface area contributed by atoms with Gasteiger partial charge in [0, 0.05) is 25.4 Å². The molecule has 1 heterocycles. The number of halogens is 1. The lowest BCUT2D eigenvalue weighted by atomic mass is 10.3. The van der Waals surface area contributed by atoms with Gasteiger partial charge in [0.2, 0.25) is 10.0 Å². The Kier molecular flexibility index (Phi) is 5.20. The molecule has 0 saturated carbocycles. The fraction of sp³-hybridized carbons (Fsp3) is 0.455. The van der Waals surface area contributed by atoms with E-state index >= 15 is 0 Å². The fourth-order valence-corrected chi connectivity index (χ4v) is 4.12. The number of nitrogens with two attached hydrogens (primary N) is 1. The molecule has 0 amide bonds. The minimum absolute atomic E-state index is 0. The van der Waals surface area contributed by atoms with E-state index in [0.717, 1.165) is 6.26 Å². The summed E-state index contributed by atoms with van der Waals surface area (Å²) in [5.41, 5.74) is 5.70. The number of hydrogen-bond acceptors (Lipinski definition) is 5. The lowest BCUT2D eigenvalue weighted by molar-refractivity contribution is 0.472. The summed E-state index contributed by atoms with van der Waals surface area (Å²) in [5, 5.41) is 0. The molecule has 0 unspecified atom stereocenters. The molecule has 1 fully saturated rings. The first-order chi connectivity index (χ1) is 8.71. The summed E-state index contributed by atoms with van der Waals surface area (Å²) >= 11 is 0. The van der Waals surface area contributed by atoms with Crippen LogP contribution in [0.15, 0.2) is 34.1 Å². The summed E-state index contributed by atoms with van der Waals surface area (Å²) in [5.74, 6) is 0. The largest absolute Gasteiger partial charge is 0.326 e. The molecule has 0 aromatic heterocycles. The minimum Gasteiger partial charge on any atom is -0.326 e. The van der Waals surface area contributed by atoms with Gasteiger partial charge < -0.3 is 5.73 Å². The molecule has 9 heteroatoms. The number of benzene rings is 1. The second-order valence-electron chi connectivity index (χ2n) is 4.66. The number of hydrogen-bond donors (Lipinski definition) is 1. The highest BCUT2D eigenvalue weighted by Gasteiger charge is 2.30. The molecule has 1 aromatic carbocycles. The van der Waals surface area contributed by atoms with E-state index in [0.29, 0.717) is 19.5 Å². The highest BCUT2D eigenvalue weighted by Crippen LogP contribution is 2.21. The topological polar surface area (TPSA) is 97.5 Å². The molecule has 2 N–H and O–H groups in total. The van der Waals surface area contributed by atoms with Crippen molar-refractivity contribution in [3.8, 4) is 0 Å². The summed E-state index contributed by atoms with van der Waals surface area (Å²) in [6, 6.07) is 5.10. The van der Waals surface area contributed by atoms with Gasteiger partial charge in [-0.05, 0) is 30.7 Å². The Morgan fingerprint density at radius 2 is 1.60 bits per heavy atom. The van der Waals surface area contributed by atoms with E-state index in [1.807, 2.05) is 0 Å². The lowest BCUT2D eigenvalue weighted by Gasteiger charge is -2.16. The summed E-state index contributed by atoms with van der Waals surface area (Å²) in [6.45, 7) is 0.702. The van der Waals surface area contributed by atoms with Crippen LogP contribution in [0.1, 0.15) is 6.42 Å². The lowest BCUT2D eigenvalue weighted by Crippen LogP contribution is -2.31. The van der Waals surface area contributed by atoms with Gasteiger partial charge in [0.1, 0.15) is 0 Å². The van der Waals surface area contributed by atoms with Gasteiger partial charge in [-0.25, -0.2) is 16.8 Å². The maximum Gasteiger partial charge on any atom is 0.243 e. The van der Waals surface area contributed by atoms with Crippen LogP contribution < -0.4 is 5.73 Å². The van der Waals surface area contributed by atoms with E-state index in [9.17, 15) is 16.8 Å². The van der Waals surface area contributed by atoms with Gasteiger partial charge >= 0.3 is 0 Å². The third kappa shape index (κ3) is 3.50. The molecular formula is C11H17ClN2O4S2. The normalized spacial score (nSPS) is 20.6. The molecule has 1 aromatic rings. The molecule has 0 radical (unpaired) electrons. The monoisotopic (exact) mass is 340 g/mol. The summed E-state index contributed by atoms with van der Waals surface area (Å²) < 4.78 is 48.5. The van der Waals surface area contributed by atoms with Crippen molar-refractivity contribution in [1.29, 1.82) is 0 Å². The van der Waals surface area contributed by atoms with E-state index in [-0.39, 0.29) is 28.2 Å². The Bertz CT molecular complexity index is 671. The Balaban J connectivity index is 0.00000200. The SMILES string of the molecule is CS(=O)(=O)c1ccc(S(=O)(=O)N2CC[C@H](N)C2)cc1.Cl. The van der Waals surface area contributed by atoms with E-state index in [1.165, 1.54) is 28.6 Å². The molecule has 0 spiro atoms. The van der Waals surface area contributed by atoms with Crippen LogP contribution in [-0.2, 0) is 19.9 Å². The van der Waals surface area contributed by atoms with E-state index in [4.69, 9.17) is 5.73 Å². The Hall–Kier alpha value is -0.670. The molecule has 6 nitrogen and oxygen atoms in total. The van der Waals surface area contributed by atoms with Crippen LogP contribution in [0.3, 0.4) is 0 Å². The van der Waals surface area contributed by atoms with Crippen LogP contribution in [-0.4, -0.2) is 46.5 Å². The van der Waals surface area contributed by atoms with E-state index < -0.39 is 19.9 Å². The Morgan fingerprint density at radius 3 is 2.00 bits per heavy atom. The molecule has 20 heavy (non-hydrogen) atoms. The number of sulfonamides is 1. The third-order valence-electron chi connectivity index (χ3n) is 3.08. The van der Waals surface area contributed by atoms with Crippen LogP contribution in [0, 0.1) is 0 Å². The van der Waals surface area contributed by atoms with Crippen molar-refractivity contribution in [2.24, 2.45) is 5.73 Å². The first-order valence-corrected chi connectivity index (χ1v) is 9.10. The minimum atomic E-state index is -3.58. The zero-order valence-electron chi connectivity index (χ0n) is 10.9. The number of rotatable bonds is 3. The predicted octanol–water partition coefficient (Wildman–Crippen LogP) is 0.234. The van der Waals surface area contributed by atoms with Crippen molar-refractivity contribution in [2.75, 3.05) is 19.3 Å². The molecule has 0 bridgehead atoms. The first-order valence-electron chi connectivity index (χ1n) is 5.77. The molecule has 1 aliphatic rings. The van der Waals surface area contributed by atoms with Crippen LogP contribution in [0.4, 0.5) is 0 Å². The Labute approximate surface area is 125 Å². The highest BCUT2D eigenvalue weighted by atomic mass is 35.5. The second kappa shape index (κ2) is 5.98. The quantitative estimate of drug-likeness (QED) is 0.849. The predicted molar refractivity (Wildman–Crippen MR) is 78.2 cm³/mol. The molecule has 114 valence electrons. The summed E-state index contributed by atoms with van der Waals surface area (Å²) in [4.78, 5) is 0.193. The van der Waals surface area contributed by atoms with Gasteiger partial charge in [0.05, 0.1) is 9.79 Å². The van der Waals surface area contributed by atoms with Crippen molar-refractivity contribution in [3.05, 3.63) is 24.3 Å². The maximum atomic E-state index is 12.3. The van der Waals surface area contributed by atoms with Gasteiger partial charge in [-0.15, -0.1) is 12.4 Å². The standard InChI is InChI=1S/C11H16N2O4S2.ClH/c1-18(14,15)10-2-4-11(5-3-10)19(16,17)13-7-6-9(12)8-13;/h2-5,9H,6-8,12H2,1H3;1H/t9-;/m0./s1. The second-order valence-corrected chi connectivity index (χ2v) is 8.61. The molecule has 1 aliphatic heterocycles. The summed E-state index contributed by atoms with van der Waals surface area (Å²) in [7, 11) is -6.90. The van der Waals surface area contributed by atoms with Gasteiger partial charge in [0.15, 0.2) is 9.84 Å². The molecule has 1 saturated heterocycles. The first kappa shape index (κ1) is 17.4. The molecular weight excluding hydrogens is 324 g/mol. The van der Waals surface area contributed by atoms with Gasteiger partial charge in [-0.1, -0.05) is 0 Å². The molecule has 0 aliphatic carbocycles. The van der Waals surface area contributed by atoms with E-state index in [2.05, 4.69) is 0 Å².